The first-order valence-corrected chi connectivity index (χ1v) is 6.03. The summed E-state index contributed by atoms with van der Waals surface area (Å²) >= 11 is 0. The van der Waals surface area contributed by atoms with E-state index in [9.17, 15) is 9.18 Å². The van der Waals surface area contributed by atoms with Gasteiger partial charge in [0.2, 0.25) is 5.91 Å². The molecule has 4 heteroatoms. The van der Waals surface area contributed by atoms with Crippen LogP contribution in [0.4, 0.5) is 4.39 Å². The van der Waals surface area contributed by atoms with Crippen LogP contribution in [0, 0.1) is 5.82 Å². The van der Waals surface area contributed by atoms with Gasteiger partial charge in [-0.1, -0.05) is 25.1 Å². The highest BCUT2D eigenvalue weighted by Gasteiger charge is 2.09. The summed E-state index contributed by atoms with van der Waals surface area (Å²) in [7, 11) is 0. The van der Waals surface area contributed by atoms with Crippen LogP contribution in [0.1, 0.15) is 25.8 Å². The maximum Gasteiger partial charge on any atom is 0.248 e. The third kappa shape index (κ3) is 3.87. The number of hydrogen-bond acceptors (Lipinski definition) is 2. The number of nitrogens with two attached hydrogens (primary N) is 1. The molecule has 3 nitrogen and oxygen atoms in total. The van der Waals surface area contributed by atoms with Crippen molar-refractivity contribution in [1.82, 2.24) is 5.32 Å². The third-order valence-corrected chi connectivity index (χ3v) is 2.74. The Morgan fingerprint density at radius 1 is 1.39 bits per heavy atom. The van der Waals surface area contributed by atoms with E-state index in [0.717, 1.165) is 0 Å². The van der Waals surface area contributed by atoms with Crippen LogP contribution in [0.2, 0.25) is 0 Å². The number of rotatable bonds is 5. The highest BCUT2D eigenvalue weighted by atomic mass is 19.1. The number of carbonyl (C=O) groups is 1. The Hall–Kier alpha value is -1.84. The van der Waals surface area contributed by atoms with Gasteiger partial charge >= 0.3 is 0 Å². The SMILES string of the molecule is CCC(C(=O)NCCc1ccccc1F)=C(C)N. The predicted octanol–water partition coefficient (Wildman–Crippen LogP) is 2.13. The number of allylic oxidation sites excluding steroid dienone is 1. The molecular weight excluding hydrogens is 231 g/mol. The van der Waals surface area contributed by atoms with Crippen molar-refractivity contribution in [2.75, 3.05) is 6.54 Å². The first-order valence-electron chi connectivity index (χ1n) is 6.03. The molecule has 0 aliphatic rings. The molecule has 0 bridgehead atoms. The van der Waals surface area contributed by atoms with Crippen molar-refractivity contribution >= 4 is 5.91 Å². The van der Waals surface area contributed by atoms with Crippen LogP contribution in [0.15, 0.2) is 35.5 Å². The van der Waals surface area contributed by atoms with E-state index in [0.29, 0.717) is 36.2 Å². The van der Waals surface area contributed by atoms with E-state index in [4.69, 9.17) is 5.73 Å². The van der Waals surface area contributed by atoms with Gasteiger partial charge in [-0.25, -0.2) is 4.39 Å². The molecule has 98 valence electrons. The molecule has 0 radical (unpaired) electrons. The van der Waals surface area contributed by atoms with Crippen molar-refractivity contribution in [2.24, 2.45) is 5.73 Å². The van der Waals surface area contributed by atoms with Crippen LogP contribution in [0.5, 0.6) is 0 Å². The van der Waals surface area contributed by atoms with E-state index in [-0.39, 0.29) is 11.7 Å². The molecule has 0 saturated heterocycles. The van der Waals surface area contributed by atoms with Crippen molar-refractivity contribution in [3.8, 4) is 0 Å². The Labute approximate surface area is 107 Å². The quantitative estimate of drug-likeness (QED) is 0.786. The average Bonchev–Trinajstić information content (AvgIpc) is 2.32. The largest absolute Gasteiger partial charge is 0.402 e. The van der Waals surface area contributed by atoms with Gasteiger partial charge in [0.15, 0.2) is 0 Å². The van der Waals surface area contributed by atoms with Crippen LogP contribution < -0.4 is 11.1 Å². The fraction of sp³-hybridized carbons (Fsp3) is 0.357. The van der Waals surface area contributed by atoms with E-state index >= 15 is 0 Å². The predicted molar refractivity (Wildman–Crippen MR) is 70.3 cm³/mol. The third-order valence-electron chi connectivity index (χ3n) is 2.74. The summed E-state index contributed by atoms with van der Waals surface area (Å²) in [5.74, 6) is -0.415. The van der Waals surface area contributed by atoms with E-state index < -0.39 is 0 Å². The van der Waals surface area contributed by atoms with Crippen molar-refractivity contribution < 1.29 is 9.18 Å². The molecule has 0 unspecified atom stereocenters. The van der Waals surface area contributed by atoms with Gasteiger partial charge in [0.25, 0.3) is 0 Å². The van der Waals surface area contributed by atoms with Crippen molar-refractivity contribution in [2.45, 2.75) is 26.7 Å². The number of nitrogens with one attached hydrogen (secondary N) is 1. The van der Waals surface area contributed by atoms with E-state index in [1.54, 1.807) is 25.1 Å². The number of amides is 1. The topological polar surface area (TPSA) is 55.1 Å². The molecule has 1 amide bonds. The second kappa shape index (κ2) is 6.79. The minimum Gasteiger partial charge on any atom is -0.402 e. The molecule has 18 heavy (non-hydrogen) atoms. The summed E-state index contributed by atoms with van der Waals surface area (Å²) in [4.78, 5) is 11.7. The van der Waals surface area contributed by atoms with Gasteiger partial charge in [-0.3, -0.25) is 4.79 Å². The van der Waals surface area contributed by atoms with Crippen molar-refractivity contribution in [1.29, 1.82) is 0 Å². The van der Waals surface area contributed by atoms with Gasteiger partial charge in [-0.2, -0.15) is 0 Å². The van der Waals surface area contributed by atoms with Crippen LogP contribution in [-0.2, 0) is 11.2 Å². The lowest BCUT2D eigenvalue weighted by atomic mass is 10.1. The normalized spacial score (nSPS) is 11.9. The number of hydrogen-bond donors (Lipinski definition) is 2. The molecule has 0 aromatic heterocycles. The zero-order valence-electron chi connectivity index (χ0n) is 10.8. The van der Waals surface area contributed by atoms with Gasteiger partial charge in [-0.15, -0.1) is 0 Å². The fourth-order valence-corrected chi connectivity index (χ4v) is 1.74. The number of halogens is 1. The van der Waals surface area contributed by atoms with Crippen LogP contribution >= 0.6 is 0 Å². The van der Waals surface area contributed by atoms with Crippen molar-refractivity contribution in [3.05, 3.63) is 46.9 Å². The molecule has 1 rings (SSSR count). The summed E-state index contributed by atoms with van der Waals surface area (Å²) < 4.78 is 13.3. The van der Waals surface area contributed by atoms with E-state index in [1.165, 1.54) is 6.07 Å². The van der Waals surface area contributed by atoms with Gasteiger partial charge in [-0.05, 0) is 31.4 Å². The van der Waals surface area contributed by atoms with Crippen molar-refractivity contribution in [3.63, 3.8) is 0 Å². The lowest BCUT2D eigenvalue weighted by molar-refractivity contribution is -0.117. The molecule has 0 saturated carbocycles. The lowest BCUT2D eigenvalue weighted by Gasteiger charge is -2.09. The van der Waals surface area contributed by atoms with E-state index in [1.807, 2.05) is 6.92 Å². The highest BCUT2D eigenvalue weighted by Crippen LogP contribution is 2.07. The minimum absolute atomic E-state index is 0.172. The monoisotopic (exact) mass is 250 g/mol. The lowest BCUT2D eigenvalue weighted by Crippen LogP contribution is -2.28. The van der Waals surface area contributed by atoms with Crippen LogP contribution in [0.3, 0.4) is 0 Å². The summed E-state index contributed by atoms with van der Waals surface area (Å²) in [5, 5.41) is 2.75. The molecule has 1 aromatic carbocycles. The molecule has 0 fully saturated rings. The fourth-order valence-electron chi connectivity index (χ4n) is 1.74. The summed E-state index contributed by atoms with van der Waals surface area (Å²) in [6.45, 7) is 3.98. The second-order valence-corrected chi connectivity index (χ2v) is 4.11. The van der Waals surface area contributed by atoms with Gasteiger partial charge < -0.3 is 11.1 Å². The second-order valence-electron chi connectivity index (χ2n) is 4.11. The minimum atomic E-state index is -0.243. The zero-order chi connectivity index (χ0) is 13.5. The Kier molecular flexibility index (Phi) is 5.36. The number of benzene rings is 1. The Morgan fingerprint density at radius 2 is 2.06 bits per heavy atom. The standard InChI is InChI=1S/C14H19FN2O/c1-3-12(10(2)16)14(18)17-9-8-11-6-4-5-7-13(11)15/h4-7H,3,8-9,16H2,1-2H3,(H,17,18). The highest BCUT2D eigenvalue weighted by molar-refractivity contribution is 5.93. The van der Waals surface area contributed by atoms with E-state index in [2.05, 4.69) is 5.32 Å². The zero-order valence-corrected chi connectivity index (χ0v) is 10.8. The maximum atomic E-state index is 13.3. The molecule has 0 spiro atoms. The molecule has 3 N–H and O–H groups in total. The average molecular weight is 250 g/mol. The van der Waals surface area contributed by atoms with Gasteiger partial charge in [0.05, 0.1) is 0 Å². The Morgan fingerprint density at radius 3 is 2.61 bits per heavy atom. The Balaban J connectivity index is 2.50. The molecule has 0 aliphatic heterocycles. The molecular formula is C14H19FN2O. The van der Waals surface area contributed by atoms with Crippen LogP contribution in [0.25, 0.3) is 0 Å². The Bertz CT molecular complexity index is 451. The van der Waals surface area contributed by atoms with Gasteiger partial charge in [0.1, 0.15) is 5.82 Å². The first kappa shape index (κ1) is 14.2. The summed E-state index contributed by atoms with van der Waals surface area (Å²) in [5.41, 5.74) is 7.33. The number of carbonyl (C=O) groups excluding carboxylic acids is 1. The molecule has 0 atom stereocenters. The smallest absolute Gasteiger partial charge is 0.248 e. The molecule has 1 aromatic rings. The van der Waals surface area contributed by atoms with Crippen LogP contribution in [-0.4, -0.2) is 12.5 Å². The maximum absolute atomic E-state index is 13.3. The molecule has 0 aliphatic carbocycles. The first-order chi connectivity index (χ1) is 8.56. The summed E-state index contributed by atoms with van der Waals surface area (Å²) in [6.07, 6.45) is 1.06. The summed E-state index contributed by atoms with van der Waals surface area (Å²) in [6, 6.07) is 6.56. The molecule has 0 heterocycles. The van der Waals surface area contributed by atoms with Gasteiger partial charge in [0, 0.05) is 17.8 Å².